The van der Waals surface area contributed by atoms with Crippen LogP contribution in [-0.4, -0.2) is 24.7 Å². The number of aromatic nitrogens is 1. The summed E-state index contributed by atoms with van der Waals surface area (Å²) in [5.41, 5.74) is 7.41. The normalized spacial score (nSPS) is 12.8. The summed E-state index contributed by atoms with van der Waals surface area (Å²) < 4.78 is 12.0. The van der Waals surface area contributed by atoms with Gasteiger partial charge in [0.15, 0.2) is 0 Å². The minimum Gasteiger partial charge on any atom is -0.492 e. The molecule has 0 amide bonds. The highest BCUT2D eigenvalue weighted by Gasteiger charge is 2.17. The Labute approximate surface area is 115 Å². The number of nitrogens with two attached hydrogens (primary N) is 1. The summed E-state index contributed by atoms with van der Waals surface area (Å²) in [5, 5.41) is 0. The molecule has 0 saturated carbocycles. The van der Waals surface area contributed by atoms with Crippen LogP contribution in [0.15, 0.2) is 16.9 Å². The maximum Gasteiger partial charge on any atom is 0.305 e. The van der Waals surface area contributed by atoms with Gasteiger partial charge in [0, 0.05) is 18.7 Å². The number of ether oxygens (including phenoxy) is 2. The van der Waals surface area contributed by atoms with E-state index in [4.69, 9.17) is 15.2 Å². The standard InChI is InChI=1S/C13H18N2O3S/c1-3-17-9-6-5-8(10(7-14)18-4-2)12-11(9)15-13(16)19-12/h5-6,10H,3-4,7,14H2,1-2H3,(H,15,16)/t10-/m0/s1. The van der Waals surface area contributed by atoms with Gasteiger partial charge in [0.2, 0.25) is 0 Å². The third-order valence-corrected chi connectivity index (χ3v) is 3.73. The average molecular weight is 282 g/mol. The lowest BCUT2D eigenvalue weighted by molar-refractivity contribution is 0.0699. The Kier molecular flexibility index (Phi) is 4.57. The highest BCUT2D eigenvalue weighted by atomic mass is 32.1. The molecule has 0 saturated heterocycles. The Balaban J connectivity index is 2.57. The van der Waals surface area contributed by atoms with E-state index in [1.165, 1.54) is 0 Å². The van der Waals surface area contributed by atoms with Crippen LogP contribution in [0.4, 0.5) is 0 Å². The van der Waals surface area contributed by atoms with E-state index < -0.39 is 0 Å². The van der Waals surface area contributed by atoms with Gasteiger partial charge in [-0.1, -0.05) is 17.4 Å². The third kappa shape index (κ3) is 2.80. The number of hydrogen-bond acceptors (Lipinski definition) is 5. The number of thiazole rings is 1. The van der Waals surface area contributed by atoms with Gasteiger partial charge in [0.25, 0.3) is 0 Å². The van der Waals surface area contributed by atoms with E-state index in [0.29, 0.717) is 25.5 Å². The molecule has 0 bridgehead atoms. The van der Waals surface area contributed by atoms with Crippen LogP contribution in [0.5, 0.6) is 5.75 Å². The lowest BCUT2D eigenvalue weighted by Gasteiger charge is -2.16. The van der Waals surface area contributed by atoms with Crippen LogP contribution in [0.2, 0.25) is 0 Å². The molecule has 0 aliphatic heterocycles. The van der Waals surface area contributed by atoms with Crippen LogP contribution in [0.25, 0.3) is 10.2 Å². The highest BCUT2D eigenvalue weighted by molar-refractivity contribution is 7.16. The van der Waals surface area contributed by atoms with E-state index in [1.807, 2.05) is 26.0 Å². The number of fused-ring (bicyclic) bond motifs is 1. The summed E-state index contributed by atoms with van der Waals surface area (Å²) in [7, 11) is 0. The average Bonchev–Trinajstić information content (AvgIpc) is 2.79. The fourth-order valence-corrected chi connectivity index (χ4v) is 2.95. The van der Waals surface area contributed by atoms with Crippen molar-refractivity contribution in [2.24, 2.45) is 5.73 Å². The Morgan fingerprint density at radius 2 is 2.16 bits per heavy atom. The molecule has 1 atom stereocenters. The first-order valence-corrected chi connectivity index (χ1v) is 7.13. The second-order valence-electron chi connectivity index (χ2n) is 3.98. The van der Waals surface area contributed by atoms with Gasteiger partial charge in [-0.05, 0) is 19.9 Å². The number of aromatic amines is 1. The smallest absolute Gasteiger partial charge is 0.305 e. The molecule has 2 rings (SSSR count). The number of hydrogen-bond donors (Lipinski definition) is 2. The molecular formula is C13H18N2O3S. The molecule has 6 heteroatoms. The summed E-state index contributed by atoms with van der Waals surface area (Å²) in [4.78, 5) is 14.3. The molecule has 0 spiro atoms. The Morgan fingerprint density at radius 1 is 1.37 bits per heavy atom. The van der Waals surface area contributed by atoms with Crippen molar-refractivity contribution in [1.29, 1.82) is 0 Å². The van der Waals surface area contributed by atoms with E-state index in [0.717, 1.165) is 27.1 Å². The predicted octanol–water partition coefficient (Wildman–Crippen LogP) is 2.02. The Hall–Kier alpha value is -1.37. The zero-order valence-corrected chi connectivity index (χ0v) is 11.9. The van der Waals surface area contributed by atoms with Crippen LogP contribution < -0.4 is 15.3 Å². The van der Waals surface area contributed by atoms with Gasteiger partial charge in [-0.15, -0.1) is 0 Å². The van der Waals surface area contributed by atoms with Gasteiger partial charge in [0.1, 0.15) is 11.3 Å². The van der Waals surface area contributed by atoms with Crippen LogP contribution >= 0.6 is 11.3 Å². The van der Waals surface area contributed by atoms with Crippen molar-refractivity contribution >= 4 is 21.6 Å². The number of benzene rings is 1. The molecule has 3 N–H and O–H groups in total. The zero-order chi connectivity index (χ0) is 13.8. The summed E-state index contributed by atoms with van der Waals surface area (Å²) in [6, 6.07) is 3.77. The van der Waals surface area contributed by atoms with Crippen molar-refractivity contribution in [3.8, 4) is 5.75 Å². The van der Waals surface area contributed by atoms with Crippen molar-refractivity contribution in [1.82, 2.24) is 4.98 Å². The lowest BCUT2D eigenvalue weighted by atomic mass is 10.1. The SMILES string of the molecule is CCOc1ccc([C@H](CN)OCC)c2sc(=O)[nH]c12. The number of nitrogens with one attached hydrogen (secondary N) is 1. The second-order valence-corrected chi connectivity index (χ2v) is 4.97. The second kappa shape index (κ2) is 6.18. The fourth-order valence-electron chi connectivity index (χ4n) is 2.04. The monoisotopic (exact) mass is 282 g/mol. The van der Waals surface area contributed by atoms with Gasteiger partial charge in [-0.2, -0.15) is 0 Å². The first-order chi connectivity index (χ1) is 9.21. The molecule has 5 nitrogen and oxygen atoms in total. The van der Waals surface area contributed by atoms with Gasteiger partial charge in [-0.3, -0.25) is 4.79 Å². The van der Waals surface area contributed by atoms with Crippen LogP contribution in [0.3, 0.4) is 0 Å². The first kappa shape index (κ1) is 14.0. The topological polar surface area (TPSA) is 77.3 Å². The van der Waals surface area contributed by atoms with Crippen LogP contribution in [-0.2, 0) is 4.74 Å². The van der Waals surface area contributed by atoms with Crippen molar-refractivity contribution in [2.75, 3.05) is 19.8 Å². The first-order valence-electron chi connectivity index (χ1n) is 6.31. The molecule has 1 aromatic heterocycles. The van der Waals surface area contributed by atoms with Crippen LogP contribution in [0, 0.1) is 0 Å². The van der Waals surface area contributed by atoms with E-state index in [9.17, 15) is 4.79 Å². The van der Waals surface area contributed by atoms with E-state index in [2.05, 4.69) is 4.98 Å². The van der Waals surface area contributed by atoms with E-state index in [1.54, 1.807) is 0 Å². The van der Waals surface area contributed by atoms with Gasteiger partial charge >= 0.3 is 4.87 Å². The lowest BCUT2D eigenvalue weighted by Crippen LogP contribution is -2.16. The predicted molar refractivity (Wildman–Crippen MR) is 77.0 cm³/mol. The Bertz CT molecular complexity index is 605. The van der Waals surface area contributed by atoms with Crippen LogP contribution in [0.1, 0.15) is 25.5 Å². The summed E-state index contributed by atoms with van der Waals surface area (Å²) in [6.07, 6.45) is -0.199. The number of rotatable bonds is 6. The minimum atomic E-state index is -0.199. The summed E-state index contributed by atoms with van der Waals surface area (Å²) in [6.45, 7) is 5.35. The molecule has 0 aliphatic carbocycles. The van der Waals surface area contributed by atoms with Crippen molar-refractivity contribution in [3.63, 3.8) is 0 Å². The maximum absolute atomic E-state index is 11.6. The fraction of sp³-hybridized carbons (Fsp3) is 0.462. The molecule has 0 aliphatic rings. The largest absolute Gasteiger partial charge is 0.492 e. The highest BCUT2D eigenvalue weighted by Crippen LogP contribution is 2.33. The summed E-state index contributed by atoms with van der Waals surface area (Å²) in [5.74, 6) is 0.687. The molecule has 104 valence electrons. The maximum atomic E-state index is 11.6. The van der Waals surface area contributed by atoms with Gasteiger partial charge < -0.3 is 20.2 Å². The minimum absolute atomic E-state index is 0.101. The van der Waals surface area contributed by atoms with E-state index >= 15 is 0 Å². The third-order valence-electron chi connectivity index (χ3n) is 2.80. The molecular weight excluding hydrogens is 264 g/mol. The molecule has 1 heterocycles. The van der Waals surface area contributed by atoms with Crippen molar-refractivity contribution in [2.45, 2.75) is 20.0 Å². The van der Waals surface area contributed by atoms with Gasteiger partial charge in [0.05, 0.1) is 17.4 Å². The molecule has 2 aromatic rings. The zero-order valence-electron chi connectivity index (χ0n) is 11.1. The van der Waals surface area contributed by atoms with Gasteiger partial charge in [-0.25, -0.2) is 0 Å². The van der Waals surface area contributed by atoms with Crippen molar-refractivity contribution < 1.29 is 9.47 Å². The molecule has 0 unspecified atom stereocenters. The molecule has 19 heavy (non-hydrogen) atoms. The summed E-state index contributed by atoms with van der Waals surface area (Å²) >= 11 is 1.16. The molecule has 0 radical (unpaired) electrons. The van der Waals surface area contributed by atoms with Crippen molar-refractivity contribution in [3.05, 3.63) is 27.4 Å². The van der Waals surface area contributed by atoms with E-state index in [-0.39, 0.29) is 11.0 Å². The molecule has 0 fully saturated rings. The number of H-pyrrole nitrogens is 1. The molecule has 1 aromatic carbocycles. The Morgan fingerprint density at radius 3 is 2.79 bits per heavy atom. The quantitative estimate of drug-likeness (QED) is 0.849.